The zero-order valence-electron chi connectivity index (χ0n) is 11.7. The molecular weight excluding hydrogens is 275 g/mol. The number of rotatable bonds is 2. The smallest absolute Gasteiger partial charge is 0.109 e. The first-order valence-electron chi connectivity index (χ1n) is 7.11. The van der Waals surface area contributed by atoms with Gasteiger partial charge >= 0.3 is 0 Å². The first-order chi connectivity index (χ1) is 8.31. The largest absolute Gasteiger partial charge is 0.304 e. The van der Waals surface area contributed by atoms with Crippen LogP contribution >= 0.6 is 15.9 Å². The van der Waals surface area contributed by atoms with Gasteiger partial charge in [-0.05, 0) is 19.4 Å². The Labute approximate surface area is 116 Å². The van der Waals surface area contributed by atoms with Gasteiger partial charge in [0, 0.05) is 37.6 Å². The molecule has 2 heterocycles. The van der Waals surface area contributed by atoms with E-state index in [1.54, 1.807) is 0 Å². The third-order valence-electron chi connectivity index (χ3n) is 3.89. The second kappa shape index (κ2) is 8.55. The minimum absolute atomic E-state index is 0.836. The first-order valence-corrected chi connectivity index (χ1v) is 8.23. The molecular formula is C13H27BBrN2. The van der Waals surface area contributed by atoms with Gasteiger partial charge in [0.05, 0.1) is 0 Å². The van der Waals surface area contributed by atoms with Crippen molar-refractivity contribution in [3.05, 3.63) is 0 Å². The van der Waals surface area contributed by atoms with Crippen molar-refractivity contribution in [2.24, 2.45) is 5.92 Å². The van der Waals surface area contributed by atoms with Crippen molar-refractivity contribution >= 4 is 23.2 Å². The Bertz CT molecular complexity index is 196. The lowest BCUT2D eigenvalue weighted by Crippen LogP contribution is -2.52. The van der Waals surface area contributed by atoms with Crippen LogP contribution in [0.1, 0.15) is 20.3 Å². The molecule has 0 spiro atoms. The molecule has 0 aromatic carbocycles. The van der Waals surface area contributed by atoms with E-state index in [1.807, 2.05) is 13.8 Å². The van der Waals surface area contributed by atoms with Gasteiger partial charge in [-0.3, -0.25) is 4.90 Å². The maximum absolute atomic E-state index is 3.67. The van der Waals surface area contributed by atoms with Gasteiger partial charge in [-0.2, -0.15) is 0 Å². The third kappa shape index (κ3) is 4.57. The third-order valence-corrected chi connectivity index (χ3v) is 4.72. The van der Waals surface area contributed by atoms with Gasteiger partial charge in [0.15, 0.2) is 0 Å². The van der Waals surface area contributed by atoms with E-state index >= 15 is 0 Å². The van der Waals surface area contributed by atoms with Crippen LogP contribution in [0.4, 0.5) is 0 Å². The normalized spacial score (nSPS) is 31.3. The molecule has 2 nitrogen and oxygen atoms in total. The summed E-state index contributed by atoms with van der Waals surface area (Å²) in [4.78, 5) is 5.16. The van der Waals surface area contributed by atoms with Crippen LogP contribution in [-0.4, -0.2) is 61.7 Å². The molecule has 2 saturated heterocycles. The lowest BCUT2D eigenvalue weighted by atomic mass is 9.59. The Kier molecular flexibility index (Phi) is 7.80. The molecule has 0 aromatic rings. The Morgan fingerprint density at radius 3 is 2.41 bits per heavy atom. The lowest BCUT2D eigenvalue weighted by molar-refractivity contribution is 0.0848. The molecule has 0 amide bonds. The highest BCUT2D eigenvalue weighted by atomic mass is 79.9. The van der Waals surface area contributed by atoms with Gasteiger partial charge in [-0.1, -0.05) is 42.4 Å². The molecule has 0 N–H and O–H groups in total. The van der Waals surface area contributed by atoms with E-state index in [0.29, 0.717) is 0 Å². The molecule has 2 aliphatic rings. The minimum atomic E-state index is 0.836. The molecule has 4 heteroatoms. The summed E-state index contributed by atoms with van der Waals surface area (Å²) in [5.74, 6) is 0.849. The maximum atomic E-state index is 3.67. The predicted molar refractivity (Wildman–Crippen MR) is 81.5 cm³/mol. The number of piperazine rings is 1. The van der Waals surface area contributed by atoms with Crippen LogP contribution in [0, 0.1) is 5.92 Å². The van der Waals surface area contributed by atoms with Crippen LogP contribution in [0.2, 0.25) is 12.6 Å². The standard InChI is InChI=1S/C11H21BBrN2.C2H6/c1-14-4-6-15(7-5-14)11-2-3-12-8-10(11)9-13;1-2/h10-11H,2-9H2,1H3;1-2H3. The highest BCUT2D eigenvalue weighted by Crippen LogP contribution is 2.28. The molecule has 0 aromatic heterocycles. The van der Waals surface area contributed by atoms with Crippen molar-refractivity contribution in [3.63, 3.8) is 0 Å². The molecule has 2 aliphatic heterocycles. The summed E-state index contributed by atoms with van der Waals surface area (Å²) >= 11 is 3.67. The monoisotopic (exact) mass is 301 g/mol. The average Bonchev–Trinajstić information content (AvgIpc) is 2.42. The van der Waals surface area contributed by atoms with Crippen LogP contribution < -0.4 is 0 Å². The first kappa shape index (κ1) is 15.5. The van der Waals surface area contributed by atoms with E-state index in [0.717, 1.165) is 12.0 Å². The van der Waals surface area contributed by atoms with Crippen molar-refractivity contribution in [3.8, 4) is 0 Å². The Balaban J connectivity index is 0.000000686. The van der Waals surface area contributed by atoms with Crippen LogP contribution in [0.5, 0.6) is 0 Å². The van der Waals surface area contributed by atoms with Crippen LogP contribution in [0.15, 0.2) is 0 Å². The fraction of sp³-hybridized carbons (Fsp3) is 1.00. The molecule has 17 heavy (non-hydrogen) atoms. The van der Waals surface area contributed by atoms with Gasteiger partial charge in [0.1, 0.15) is 7.28 Å². The van der Waals surface area contributed by atoms with E-state index in [2.05, 4.69) is 40.1 Å². The van der Waals surface area contributed by atoms with E-state index in [1.165, 1.54) is 50.6 Å². The second-order valence-corrected chi connectivity index (χ2v) is 5.57. The molecule has 2 unspecified atom stereocenters. The Hall–Kier alpha value is 0.465. The van der Waals surface area contributed by atoms with Crippen molar-refractivity contribution in [1.29, 1.82) is 0 Å². The number of nitrogens with zero attached hydrogens (tertiary/aromatic N) is 2. The summed E-state index contributed by atoms with van der Waals surface area (Å²) < 4.78 is 0. The second-order valence-electron chi connectivity index (χ2n) is 4.92. The lowest BCUT2D eigenvalue weighted by Gasteiger charge is -2.43. The van der Waals surface area contributed by atoms with E-state index in [9.17, 15) is 0 Å². The molecule has 99 valence electrons. The van der Waals surface area contributed by atoms with Gasteiger partial charge in [-0.15, -0.1) is 0 Å². The van der Waals surface area contributed by atoms with E-state index < -0.39 is 0 Å². The van der Waals surface area contributed by atoms with Gasteiger partial charge in [0.2, 0.25) is 0 Å². The van der Waals surface area contributed by atoms with Gasteiger partial charge in [-0.25, -0.2) is 0 Å². The van der Waals surface area contributed by atoms with Crippen molar-refractivity contribution in [2.45, 2.75) is 39.0 Å². The molecule has 2 fully saturated rings. The zero-order chi connectivity index (χ0) is 12.7. The molecule has 0 aliphatic carbocycles. The number of halogens is 1. The maximum Gasteiger partial charge on any atom is 0.109 e. The zero-order valence-corrected chi connectivity index (χ0v) is 13.2. The fourth-order valence-electron chi connectivity index (χ4n) is 2.81. The summed E-state index contributed by atoms with van der Waals surface area (Å²) in [6.45, 7) is 9.03. The van der Waals surface area contributed by atoms with Gasteiger partial charge in [0.25, 0.3) is 0 Å². The number of hydrogen-bond acceptors (Lipinski definition) is 2. The molecule has 1 radical (unpaired) electrons. The molecule has 2 atom stereocenters. The molecule has 0 saturated carbocycles. The quantitative estimate of drug-likeness (QED) is 0.571. The van der Waals surface area contributed by atoms with Crippen molar-refractivity contribution in [2.75, 3.05) is 38.6 Å². The van der Waals surface area contributed by atoms with Crippen molar-refractivity contribution < 1.29 is 0 Å². The van der Waals surface area contributed by atoms with Crippen LogP contribution in [0.25, 0.3) is 0 Å². The number of hydrogen-bond donors (Lipinski definition) is 0. The predicted octanol–water partition coefficient (Wildman–Crippen LogP) is 2.58. The number of alkyl halides is 1. The Morgan fingerprint density at radius 1 is 1.18 bits per heavy atom. The highest BCUT2D eigenvalue weighted by Gasteiger charge is 2.30. The van der Waals surface area contributed by atoms with Crippen LogP contribution in [-0.2, 0) is 0 Å². The topological polar surface area (TPSA) is 6.48 Å². The Morgan fingerprint density at radius 2 is 1.82 bits per heavy atom. The SMILES string of the molecule is CC.CN1CCN(C2CC[B]CC2CBr)CC1. The average molecular weight is 302 g/mol. The summed E-state index contributed by atoms with van der Waals surface area (Å²) in [5.41, 5.74) is 0. The summed E-state index contributed by atoms with van der Waals surface area (Å²) in [6.07, 6.45) is 4.00. The van der Waals surface area contributed by atoms with Gasteiger partial charge < -0.3 is 4.90 Å². The van der Waals surface area contributed by atoms with E-state index in [-0.39, 0.29) is 0 Å². The minimum Gasteiger partial charge on any atom is -0.304 e. The van der Waals surface area contributed by atoms with Crippen molar-refractivity contribution in [1.82, 2.24) is 9.80 Å². The molecule has 2 rings (SSSR count). The van der Waals surface area contributed by atoms with Crippen LogP contribution in [0.3, 0.4) is 0 Å². The van der Waals surface area contributed by atoms with E-state index in [4.69, 9.17) is 0 Å². The summed E-state index contributed by atoms with van der Waals surface area (Å²) in [6, 6.07) is 0.836. The highest BCUT2D eigenvalue weighted by molar-refractivity contribution is 9.09. The summed E-state index contributed by atoms with van der Waals surface area (Å²) in [7, 11) is 4.70. The summed E-state index contributed by atoms with van der Waals surface area (Å²) in [5, 5.41) is 1.17. The molecule has 0 bridgehead atoms. The number of likely N-dealkylation sites (N-methyl/N-ethyl adjacent to an activating group) is 1. The fourth-order valence-corrected chi connectivity index (χ4v) is 3.51.